The first-order valence-corrected chi connectivity index (χ1v) is 11.5. The van der Waals surface area contributed by atoms with Crippen molar-refractivity contribution in [2.75, 3.05) is 57.4 Å². The Morgan fingerprint density at radius 2 is 1.48 bits per heavy atom. The Balaban J connectivity index is 0.00000259. The molecule has 9 heteroatoms. The summed E-state index contributed by atoms with van der Waals surface area (Å²) >= 11 is 6.29. The standard InChI is InChI=1S/C24H26ClN3O4.ClH/c25-17-15-20(22-21(16-17)31-13-14-32-22)27-11-9-26(10-12-27)7-3-4-8-28-23(29)18-5-1-2-6-19(18)24(28)30;/h1-2,5-6,15-16H,3-4,7-14H2;1H. The van der Waals surface area contributed by atoms with Crippen molar-refractivity contribution in [2.24, 2.45) is 0 Å². The smallest absolute Gasteiger partial charge is 0.261 e. The van der Waals surface area contributed by atoms with Crippen LogP contribution in [0, 0.1) is 0 Å². The minimum atomic E-state index is -0.171. The van der Waals surface area contributed by atoms with E-state index in [2.05, 4.69) is 9.80 Å². The maximum absolute atomic E-state index is 12.5. The lowest BCUT2D eigenvalue weighted by molar-refractivity contribution is 0.0650. The van der Waals surface area contributed by atoms with Gasteiger partial charge in [0, 0.05) is 43.8 Å². The van der Waals surface area contributed by atoms with E-state index in [1.165, 1.54) is 4.90 Å². The van der Waals surface area contributed by atoms with Crippen LogP contribution < -0.4 is 14.4 Å². The van der Waals surface area contributed by atoms with E-state index >= 15 is 0 Å². The van der Waals surface area contributed by atoms with Gasteiger partial charge in [0.05, 0.1) is 16.8 Å². The predicted octanol–water partition coefficient (Wildman–Crippen LogP) is 3.73. The van der Waals surface area contributed by atoms with Crippen LogP contribution in [-0.2, 0) is 0 Å². The molecule has 2 aromatic rings. The van der Waals surface area contributed by atoms with Crippen molar-refractivity contribution in [2.45, 2.75) is 12.8 Å². The number of imide groups is 1. The Hall–Kier alpha value is -2.48. The Bertz CT molecular complexity index is 1010. The van der Waals surface area contributed by atoms with Crippen LogP contribution >= 0.6 is 24.0 Å². The molecule has 3 aliphatic heterocycles. The van der Waals surface area contributed by atoms with Crippen molar-refractivity contribution in [1.82, 2.24) is 9.80 Å². The minimum Gasteiger partial charge on any atom is -0.486 e. The zero-order valence-corrected chi connectivity index (χ0v) is 19.9. The second-order valence-corrected chi connectivity index (χ2v) is 8.73. The monoisotopic (exact) mass is 491 g/mol. The topological polar surface area (TPSA) is 62.3 Å². The average Bonchev–Trinajstić information content (AvgIpc) is 3.06. The van der Waals surface area contributed by atoms with E-state index in [1.807, 2.05) is 12.1 Å². The zero-order chi connectivity index (χ0) is 22.1. The Kier molecular flexibility index (Phi) is 7.32. The number of hydrogen-bond acceptors (Lipinski definition) is 6. The van der Waals surface area contributed by atoms with Crippen molar-refractivity contribution in [1.29, 1.82) is 0 Å². The van der Waals surface area contributed by atoms with Crippen LogP contribution in [0.3, 0.4) is 0 Å². The third-order valence-corrected chi connectivity index (χ3v) is 6.50. The molecule has 33 heavy (non-hydrogen) atoms. The number of hydrogen-bond donors (Lipinski definition) is 0. The van der Waals surface area contributed by atoms with E-state index in [9.17, 15) is 9.59 Å². The summed E-state index contributed by atoms with van der Waals surface area (Å²) in [5.41, 5.74) is 2.04. The third-order valence-electron chi connectivity index (χ3n) is 6.28. The molecule has 7 nitrogen and oxygen atoms in total. The minimum absolute atomic E-state index is 0. The average molecular weight is 492 g/mol. The van der Waals surface area contributed by atoms with Gasteiger partial charge >= 0.3 is 0 Å². The lowest BCUT2D eigenvalue weighted by atomic mass is 10.1. The fraction of sp³-hybridized carbons (Fsp3) is 0.417. The molecule has 3 heterocycles. The maximum Gasteiger partial charge on any atom is 0.261 e. The lowest BCUT2D eigenvalue weighted by Crippen LogP contribution is -2.47. The van der Waals surface area contributed by atoms with Crippen molar-refractivity contribution >= 4 is 41.5 Å². The number of unbranched alkanes of at least 4 members (excludes halogenated alkanes) is 1. The maximum atomic E-state index is 12.5. The molecule has 0 N–H and O–H groups in total. The Labute approximate surface area is 204 Å². The number of carbonyl (C=O) groups excluding carboxylic acids is 2. The molecule has 2 aromatic carbocycles. The number of benzene rings is 2. The van der Waals surface area contributed by atoms with Crippen LogP contribution in [0.2, 0.25) is 5.02 Å². The SMILES string of the molecule is Cl.O=C1c2ccccc2C(=O)N1CCCCN1CCN(c2cc(Cl)cc3c2OCCO3)CC1. The molecule has 0 radical (unpaired) electrons. The summed E-state index contributed by atoms with van der Waals surface area (Å²) in [5.74, 6) is 1.16. The van der Waals surface area contributed by atoms with E-state index in [0.29, 0.717) is 41.7 Å². The Morgan fingerprint density at radius 3 is 2.18 bits per heavy atom. The molecule has 0 saturated carbocycles. The summed E-state index contributed by atoms with van der Waals surface area (Å²) in [7, 11) is 0. The van der Waals surface area contributed by atoms with E-state index in [-0.39, 0.29) is 24.2 Å². The molecule has 0 bridgehead atoms. The molecule has 0 spiro atoms. The van der Waals surface area contributed by atoms with Gasteiger partial charge < -0.3 is 14.4 Å². The van der Waals surface area contributed by atoms with Crippen LogP contribution in [0.5, 0.6) is 11.5 Å². The number of ether oxygens (including phenoxy) is 2. The third kappa shape index (κ3) is 4.76. The highest BCUT2D eigenvalue weighted by atomic mass is 35.5. The van der Waals surface area contributed by atoms with Gasteiger partial charge in [0.15, 0.2) is 11.5 Å². The van der Waals surface area contributed by atoms with Gasteiger partial charge in [0.2, 0.25) is 0 Å². The summed E-state index contributed by atoms with van der Waals surface area (Å²) in [4.78, 5) is 31.0. The molecule has 176 valence electrons. The van der Waals surface area contributed by atoms with Gasteiger partial charge in [-0.2, -0.15) is 0 Å². The molecule has 1 saturated heterocycles. The predicted molar refractivity (Wildman–Crippen MR) is 129 cm³/mol. The summed E-state index contributed by atoms with van der Waals surface area (Å²) < 4.78 is 11.6. The van der Waals surface area contributed by atoms with Crippen LogP contribution in [0.1, 0.15) is 33.6 Å². The van der Waals surface area contributed by atoms with Gasteiger partial charge in [-0.15, -0.1) is 12.4 Å². The highest BCUT2D eigenvalue weighted by molar-refractivity contribution is 6.31. The molecule has 0 aromatic heterocycles. The first-order chi connectivity index (χ1) is 15.6. The van der Waals surface area contributed by atoms with Crippen LogP contribution in [-0.4, -0.2) is 74.1 Å². The molecular formula is C24H27Cl2N3O4. The number of piperazine rings is 1. The molecule has 5 rings (SSSR count). The van der Waals surface area contributed by atoms with Crippen molar-refractivity contribution in [3.8, 4) is 11.5 Å². The van der Waals surface area contributed by atoms with E-state index in [0.717, 1.165) is 57.0 Å². The molecule has 0 atom stereocenters. The van der Waals surface area contributed by atoms with Gasteiger partial charge in [-0.3, -0.25) is 19.4 Å². The van der Waals surface area contributed by atoms with E-state index < -0.39 is 0 Å². The Morgan fingerprint density at radius 1 is 0.848 bits per heavy atom. The highest BCUT2D eigenvalue weighted by Gasteiger charge is 2.34. The fourth-order valence-electron chi connectivity index (χ4n) is 4.60. The number of halogens is 2. The van der Waals surface area contributed by atoms with Crippen LogP contribution in [0.4, 0.5) is 5.69 Å². The molecular weight excluding hydrogens is 465 g/mol. The second kappa shape index (κ2) is 10.2. The van der Waals surface area contributed by atoms with Gasteiger partial charge in [-0.05, 0) is 37.6 Å². The molecule has 3 aliphatic rings. The van der Waals surface area contributed by atoms with E-state index in [1.54, 1.807) is 24.3 Å². The molecule has 1 fully saturated rings. The number of fused-ring (bicyclic) bond motifs is 2. The molecule has 0 unspecified atom stereocenters. The highest BCUT2D eigenvalue weighted by Crippen LogP contribution is 2.42. The quantitative estimate of drug-likeness (QED) is 0.453. The second-order valence-electron chi connectivity index (χ2n) is 8.29. The van der Waals surface area contributed by atoms with Crippen LogP contribution in [0.25, 0.3) is 0 Å². The van der Waals surface area contributed by atoms with Gasteiger partial charge in [-0.25, -0.2) is 0 Å². The number of carbonyl (C=O) groups is 2. The van der Waals surface area contributed by atoms with Gasteiger partial charge in [-0.1, -0.05) is 23.7 Å². The number of rotatable bonds is 6. The van der Waals surface area contributed by atoms with Crippen LogP contribution in [0.15, 0.2) is 36.4 Å². The first kappa shape index (κ1) is 23.7. The number of anilines is 1. The summed E-state index contributed by atoms with van der Waals surface area (Å²) in [5, 5.41) is 0.653. The van der Waals surface area contributed by atoms with E-state index in [4.69, 9.17) is 21.1 Å². The fourth-order valence-corrected chi connectivity index (χ4v) is 4.80. The zero-order valence-electron chi connectivity index (χ0n) is 18.3. The molecule has 2 amide bonds. The largest absolute Gasteiger partial charge is 0.486 e. The first-order valence-electron chi connectivity index (χ1n) is 11.1. The van der Waals surface area contributed by atoms with Crippen molar-refractivity contribution in [3.63, 3.8) is 0 Å². The normalized spacial score (nSPS) is 17.7. The van der Waals surface area contributed by atoms with Gasteiger partial charge in [0.1, 0.15) is 13.2 Å². The van der Waals surface area contributed by atoms with Crippen molar-refractivity contribution in [3.05, 3.63) is 52.5 Å². The summed E-state index contributed by atoms with van der Waals surface area (Å²) in [6, 6.07) is 10.8. The van der Waals surface area contributed by atoms with Crippen molar-refractivity contribution < 1.29 is 19.1 Å². The van der Waals surface area contributed by atoms with Gasteiger partial charge in [0.25, 0.3) is 11.8 Å². The summed E-state index contributed by atoms with van der Waals surface area (Å²) in [6.07, 6.45) is 1.75. The number of amides is 2. The lowest BCUT2D eigenvalue weighted by Gasteiger charge is -2.37. The summed E-state index contributed by atoms with van der Waals surface area (Å²) in [6.45, 7) is 6.16. The molecule has 0 aliphatic carbocycles. The number of nitrogens with zero attached hydrogens (tertiary/aromatic N) is 3.